The molecule has 6 nitrogen and oxygen atoms in total. The lowest BCUT2D eigenvalue weighted by molar-refractivity contribution is -0.181. The number of Topliss-reactive ketones (excluding diaryl/α,β-unsaturated/α-hetero) is 3. The monoisotopic (exact) mass is 867 g/mol. The lowest BCUT2D eigenvalue weighted by Crippen LogP contribution is -2.63. The molecule has 0 aromatic carbocycles. The molecule has 63 heavy (non-hydrogen) atoms. The molecule has 0 saturated heterocycles. The third kappa shape index (κ3) is 34.3. The highest BCUT2D eigenvalue weighted by Gasteiger charge is 2.53. The van der Waals surface area contributed by atoms with Crippen molar-refractivity contribution in [1.82, 2.24) is 0 Å². The molecule has 0 spiro atoms. The SMILES string of the molecule is CCCCCCCC#CC#CCCCCCCC(=O)C(O)C(O)(C(=O)CCCCCCC#CC#CCCCCCCC)C(O)C(=O)CCCCCCC#CC#CCCCCCCC. The molecular weight excluding hydrogens is 781 g/mol. The first-order chi connectivity index (χ1) is 30.8. The summed E-state index contributed by atoms with van der Waals surface area (Å²) in [6.45, 7) is 6.61. The van der Waals surface area contributed by atoms with Crippen LogP contribution >= 0.6 is 0 Å². The molecule has 0 aliphatic heterocycles. The van der Waals surface area contributed by atoms with Crippen LogP contribution in [0.1, 0.15) is 252 Å². The first-order valence-electron chi connectivity index (χ1n) is 25.3. The van der Waals surface area contributed by atoms with Gasteiger partial charge in [0.15, 0.2) is 35.2 Å². The minimum Gasteiger partial charge on any atom is -0.382 e. The Kier molecular flexibility index (Phi) is 42.2. The minimum absolute atomic E-state index is 0.0784. The van der Waals surface area contributed by atoms with Gasteiger partial charge in [0, 0.05) is 57.8 Å². The van der Waals surface area contributed by atoms with Gasteiger partial charge in [-0.2, -0.15) is 0 Å². The van der Waals surface area contributed by atoms with Gasteiger partial charge < -0.3 is 15.3 Å². The van der Waals surface area contributed by atoms with E-state index >= 15 is 0 Å². The highest BCUT2D eigenvalue weighted by Crippen LogP contribution is 2.26. The maximum atomic E-state index is 13.6. The number of unbranched alkanes of at least 4 members (excludes halogenated alkanes) is 27. The summed E-state index contributed by atoms with van der Waals surface area (Å²) in [5.74, 6) is 33.7. The number of aliphatic hydroxyl groups excluding tert-OH is 2. The molecule has 0 saturated carbocycles. The van der Waals surface area contributed by atoms with Gasteiger partial charge in [0.2, 0.25) is 0 Å². The van der Waals surface area contributed by atoms with Gasteiger partial charge in [-0.15, -0.1) is 0 Å². The van der Waals surface area contributed by atoms with Crippen molar-refractivity contribution in [3.05, 3.63) is 0 Å². The molecule has 0 radical (unpaired) electrons. The van der Waals surface area contributed by atoms with E-state index in [1.54, 1.807) is 0 Å². The van der Waals surface area contributed by atoms with Crippen LogP contribution in [0.15, 0.2) is 0 Å². The molecule has 0 rings (SSSR count). The molecule has 0 bridgehead atoms. The Morgan fingerprint density at radius 3 is 0.825 bits per heavy atom. The second kappa shape index (κ2) is 44.8. The van der Waals surface area contributed by atoms with Crippen LogP contribution in [-0.2, 0) is 14.4 Å². The van der Waals surface area contributed by atoms with Gasteiger partial charge in [-0.05, 0) is 93.3 Å². The second-order valence-electron chi connectivity index (χ2n) is 17.0. The van der Waals surface area contributed by atoms with Crippen LogP contribution in [0.25, 0.3) is 0 Å². The Balaban J connectivity index is 5.04. The number of hydrogen-bond donors (Lipinski definition) is 3. The normalized spacial score (nSPS) is 12.1. The maximum Gasteiger partial charge on any atom is 0.189 e. The van der Waals surface area contributed by atoms with E-state index in [1.807, 2.05) is 0 Å². The van der Waals surface area contributed by atoms with Crippen LogP contribution in [0, 0.1) is 71.0 Å². The molecule has 2 atom stereocenters. The summed E-state index contributed by atoms with van der Waals surface area (Å²) in [5.41, 5.74) is -2.90. The molecule has 0 aliphatic carbocycles. The van der Waals surface area contributed by atoms with Crippen LogP contribution in [0.5, 0.6) is 0 Å². The van der Waals surface area contributed by atoms with E-state index in [-0.39, 0.29) is 19.3 Å². The zero-order chi connectivity index (χ0) is 46.3. The Labute approximate surface area is 386 Å². The highest BCUT2D eigenvalue weighted by atomic mass is 16.4. The van der Waals surface area contributed by atoms with Crippen molar-refractivity contribution >= 4 is 17.3 Å². The molecular formula is C57H86O6. The fourth-order valence-corrected chi connectivity index (χ4v) is 7.09. The largest absolute Gasteiger partial charge is 0.382 e. The van der Waals surface area contributed by atoms with Crippen LogP contribution < -0.4 is 0 Å². The van der Waals surface area contributed by atoms with Crippen molar-refractivity contribution in [3.63, 3.8) is 0 Å². The molecule has 3 N–H and O–H groups in total. The van der Waals surface area contributed by atoms with Gasteiger partial charge in [0.1, 0.15) is 0 Å². The van der Waals surface area contributed by atoms with Crippen molar-refractivity contribution < 1.29 is 29.7 Å². The van der Waals surface area contributed by atoms with Crippen molar-refractivity contribution in [3.8, 4) is 71.0 Å². The van der Waals surface area contributed by atoms with Gasteiger partial charge in [0.25, 0.3) is 0 Å². The standard InChI is InChI=1S/C57H86O6/c1-4-7-10-13-16-19-22-25-28-31-34-37-40-43-46-49-52(58)55(61)57(63,54(60)51-48-45-42-39-36-33-30-27-24-21-18-15-12-9-6-3)56(62)53(59)50-47-44-41-38-35-32-29-26-23-20-17-14-11-8-5-2/h55-56,61-63H,4-21,34-51H2,1-3H3. The topological polar surface area (TPSA) is 112 Å². The Morgan fingerprint density at radius 2 is 0.571 bits per heavy atom. The number of carbonyl (C=O) groups excluding carboxylic acids is 3. The molecule has 2 unspecified atom stereocenters. The minimum atomic E-state index is -2.90. The predicted octanol–water partition coefficient (Wildman–Crippen LogP) is 12.3. The third-order valence-corrected chi connectivity index (χ3v) is 11.2. The fraction of sp³-hybridized carbons (Fsp3) is 0.737. The number of hydrogen-bond acceptors (Lipinski definition) is 6. The predicted molar refractivity (Wildman–Crippen MR) is 262 cm³/mol. The summed E-state index contributed by atoms with van der Waals surface area (Å²) in [7, 11) is 0. The third-order valence-electron chi connectivity index (χ3n) is 11.2. The average molecular weight is 867 g/mol. The first-order valence-corrected chi connectivity index (χ1v) is 25.3. The Bertz CT molecular complexity index is 1510. The number of carbonyl (C=O) groups is 3. The summed E-state index contributed by atoms with van der Waals surface area (Å²) in [6, 6.07) is 0. The van der Waals surface area contributed by atoms with Crippen LogP contribution in [0.2, 0.25) is 0 Å². The number of rotatable bonds is 38. The van der Waals surface area contributed by atoms with Gasteiger partial charge in [-0.3, -0.25) is 14.4 Å². The summed E-state index contributed by atoms with van der Waals surface area (Å²) in [5, 5.41) is 34.0. The quantitative estimate of drug-likeness (QED) is 0.0421. The number of ketones is 3. The van der Waals surface area contributed by atoms with E-state index in [4.69, 9.17) is 0 Å². The molecule has 0 aliphatic rings. The van der Waals surface area contributed by atoms with Gasteiger partial charge in [0.05, 0.1) is 0 Å². The zero-order valence-corrected chi connectivity index (χ0v) is 40.2. The second-order valence-corrected chi connectivity index (χ2v) is 17.0. The van der Waals surface area contributed by atoms with Crippen molar-refractivity contribution in [2.45, 2.75) is 270 Å². The van der Waals surface area contributed by atoms with E-state index in [0.717, 1.165) is 77.0 Å². The molecule has 0 fully saturated rings. The summed E-state index contributed by atoms with van der Waals surface area (Å²) in [6.07, 6.45) is 26.6. The molecule has 0 aromatic rings. The van der Waals surface area contributed by atoms with E-state index in [2.05, 4.69) is 91.8 Å². The molecule has 0 aromatic heterocycles. The van der Waals surface area contributed by atoms with Crippen molar-refractivity contribution in [1.29, 1.82) is 0 Å². The number of aliphatic hydroxyl groups is 3. The fourth-order valence-electron chi connectivity index (χ4n) is 7.09. The molecule has 0 heterocycles. The molecule has 6 heteroatoms. The smallest absolute Gasteiger partial charge is 0.189 e. The van der Waals surface area contributed by atoms with Gasteiger partial charge in [-0.25, -0.2) is 0 Å². The summed E-state index contributed by atoms with van der Waals surface area (Å²) >= 11 is 0. The molecule has 0 amide bonds. The summed E-state index contributed by atoms with van der Waals surface area (Å²) in [4.78, 5) is 40.0. The van der Waals surface area contributed by atoms with Crippen molar-refractivity contribution in [2.24, 2.45) is 0 Å². The maximum absolute atomic E-state index is 13.6. The van der Waals surface area contributed by atoms with Crippen LogP contribution in [0.4, 0.5) is 0 Å². The summed E-state index contributed by atoms with van der Waals surface area (Å²) < 4.78 is 0. The zero-order valence-electron chi connectivity index (χ0n) is 40.2. The first kappa shape index (κ1) is 59.2. The Morgan fingerprint density at radius 1 is 0.349 bits per heavy atom. The lowest BCUT2D eigenvalue weighted by Gasteiger charge is -2.34. The van der Waals surface area contributed by atoms with Gasteiger partial charge >= 0.3 is 0 Å². The highest BCUT2D eigenvalue weighted by molar-refractivity contribution is 6.01. The van der Waals surface area contributed by atoms with E-state index in [0.29, 0.717) is 57.8 Å². The average Bonchev–Trinajstić information content (AvgIpc) is 3.29. The lowest BCUT2D eigenvalue weighted by atomic mass is 9.78. The van der Waals surface area contributed by atoms with E-state index < -0.39 is 35.2 Å². The Hall–Kier alpha value is -3.75. The van der Waals surface area contributed by atoms with Crippen LogP contribution in [-0.4, -0.2) is 50.5 Å². The van der Waals surface area contributed by atoms with E-state index in [9.17, 15) is 29.7 Å². The van der Waals surface area contributed by atoms with E-state index in [1.165, 1.54) is 77.0 Å². The van der Waals surface area contributed by atoms with Crippen molar-refractivity contribution in [2.75, 3.05) is 0 Å². The van der Waals surface area contributed by atoms with Crippen LogP contribution in [0.3, 0.4) is 0 Å². The van der Waals surface area contributed by atoms with Gasteiger partial charge in [-0.1, -0.05) is 172 Å². The molecule has 350 valence electrons.